The zero-order valence-corrected chi connectivity index (χ0v) is 7.70. The molecule has 0 spiro atoms. The van der Waals surface area contributed by atoms with E-state index in [0.717, 1.165) is 10.4 Å². The van der Waals surface area contributed by atoms with Crippen LogP contribution in [0, 0.1) is 6.92 Å². The number of aryl methyl sites for hydroxylation is 1. The minimum absolute atomic E-state index is 0.256. The van der Waals surface area contributed by atoms with Crippen LogP contribution >= 0.6 is 11.3 Å². The Kier molecular flexibility index (Phi) is 3.65. The molecule has 0 aromatic carbocycles. The van der Waals surface area contributed by atoms with Gasteiger partial charge in [0, 0.05) is 4.88 Å². The molecule has 2 N–H and O–H groups in total. The molecule has 0 saturated heterocycles. The minimum Gasteiger partial charge on any atom is -0.316 e. The summed E-state index contributed by atoms with van der Waals surface area (Å²) in [5, 5.41) is 10.7. The highest BCUT2D eigenvalue weighted by Crippen LogP contribution is 2.23. The van der Waals surface area contributed by atoms with Gasteiger partial charge in [-0.3, -0.25) is 4.39 Å². The highest BCUT2D eigenvalue weighted by molar-refractivity contribution is 7.10. The molecule has 4 heteroatoms. The molecule has 0 fully saturated rings. The van der Waals surface area contributed by atoms with Crippen LogP contribution in [0.1, 0.15) is 22.9 Å². The molecule has 1 atom stereocenters. The maximum atomic E-state index is 12.0. The van der Waals surface area contributed by atoms with E-state index < -0.39 is 6.67 Å². The van der Waals surface area contributed by atoms with E-state index >= 15 is 0 Å². The summed E-state index contributed by atoms with van der Waals surface area (Å²) in [5.74, 6) is 0. The Hall–Kier alpha value is -0.450. The van der Waals surface area contributed by atoms with E-state index in [0.29, 0.717) is 6.42 Å². The van der Waals surface area contributed by atoms with Crippen LogP contribution in [0.2, 0.25) is 0 Å². The fourth-order valence-corrected chi connectivity index (χ4v) is 1.99. The van der Waals surface area contributed by atoms with E-state index in [9.17, 15) is 4.39 Å². The van der Waals surface area contributed by atoms with E-state index in [1.54, 1.807) is 0 Å². The molecule has 0 saturated carbocycles. The lowest BCUT2D eigenvalue weighted by atomic mass is 10.2. The van der Waals surface area contributed by atoms with Crippen molar-refractivity contribution in [3.8, 4) is 0 Å². The van der Waals surface area contributed by atoms with Crippen molar-refractivity contribution in [3.05, 3.63) is 21.9 Å². The molecule has 1 rings (SSSR count). The maximum absolute atomic E-state index is 12.0. The van der Waals surface area contributed by atoms with Crippen LogP contribution in [0.25, 0.3) is 0 Å². The predicted octanol–water partition coefficient (Wildman–Crippen LogP) is 2.44. The number of thiophene rings is 1. The molecule has 0 amide bonds. The average molecular weight is 189 g/mol. The molecule has 0 aliphatic carbocycles. The minimum atomic E-state index is -0.421. The van der Waals surface area contributed by atoms with Gasteiger partial charge in [0.1, 0.15) is 0 Å². The predicted molar refractivity (Wildman–Crippen MR) is 47.3 cm³/mol. The second kappa shape index (κ2) is 4.54. The van der Waals surface area contributed by atoms with Gasteiger partial charge in [0.05, 0.1) is 12.7 Å². The first-order valence-electron chi connectivity index (χ1n) is 3.78. The molecule has 1 aromatic rings. The van der Waals surface area contributed by atoms with Crippen LogP contribution in [-0.4, -0.2) is 11.9 Å². The van der Waals surface area contributed by atoms with Crippen LogP contribution in [0.5, 0.6) is 0 Å². The van der Waals surface area contributed by atoms with Crippen LogP contribution < -0.4 is 5.48 Å². The van der Waals surface area contributed by atoms with Gasteiger partial charge >= 0.3 is 0 Å². The summed E-state index contributed by atoms with van der Waals surface area (Å²) in [4.78, 5) is 0.979. The summed E-state index contributed by atoms with van der Waals surface area (Å²) in [5.41, 5.74) is 3.25. The fourth-order valence-electron chi connectivity index (χ4n) is 1.02. The fraction of sp³-hybridized carbons (Fsp3) is 0.500. The van der Waals surface area contributed by atoms with Crippen LogP contribution in [0.15, 0.2) is 11.4 Å². The van der Waals surface area contributed by atoms with Gasteiger partial charge in [-0.05, 0) is 30.4 Å². The highest BCUT2D eigenvalue weighted by atomic mass is 32.1. The largest absolute Gasteiger partial charge is 0.316 e. The van der Waals surface area contributed by atoms with Crippen molar-refractivity contribution >= 4 is 11.3 Å². The van der Waals surface area contributed by atoms with Crippen molar-refractivity contribution in [2.75, 3.05) is 6.67 Å². The van der Waals surface area contributed by atoms with Crippen molar-refractivity contribution in [2.45, 2.75) is 19.4 Å². The molecule has 0 bridgehead atoms. The molecular formula is C8H12FNOS. The molecule has 1 heterocycles. The van der Waals surface area contributed by atoms with Gasteiger partial charge in [0.15, 0.2) is 0 Å². The first-order valence-corrected chi connectivity index (χ1v) is 4.66. The van der Waals surface area contributed by atoms with Crippen molar-refractivity contribution in [1.82, 2.24) is 5.48 Å². The molecule has 1 aromatic heterocycles. The van der Waals surface area contributed by atoms with Crippen molar-refractivity contribution < 1.29 is 9.60 Å². The molecule has 0 aliphatic rings. The van der Waals surface area contributed by atoms with Gasteiger partial charge in [0.25, 0.3) is 0 Å². The van der Waals surface area contributed by atoms with Gasteiger partial charge in [-0.1, -0.05) is 0 Å². The lowest BCUT2D eigenvalue weighted by Gasteiger charge is -2.09. The number of hydroxylamine groups is 1. The molecule has 68 valence electrons. The monoisotopic (exact) mass is 189 g/mol. The van der Waals surface area contributed by atoms with Gasteiger partial charge in [0.2, 0.25) is 0 Å². The topological polar surface area (TPSA) is 32.3 Å². The Morgan fingerprint density at radius 1 is 1.75 bits per heavy atom. The second-order valence-corrected chi connectivity index (χ2v) is 3.63. The SMILES string of the molecule is Cc1csc([C@@H](CCF)NO)c1. The Bertz CT molecular complexity index is 239. The average Bonchev–Trinajstić information content (AvgIpc) is 2.47. The number of rotatable bonds is 4. The number of nitrogens with one attached hydrogen (secondary N) is 1. The zero-order chi connectivity index (χ0) is 8.97. The normalized spacial score (nSPS) is 13.2. The second-order valence-electron chi connectivity index (χ2n) is 2.69. The quantitative estimate of drug-likeness (QED) is 0.713. The first kappa shape index (κ1) is 9.64. The van der Waals surface area contributed by atoms with Crippen molar-refractivity contribution in [1.29, 1.82) is 0 Å². The van der Waals surface area contributed by atoms with Gasteiger partial charge in [-0.25, -0.2) is 0 Å². The molecule has 0 radical (unpaired) electrons. The number of hydrogen-bond acceptors (Lipinski definition) is 3. The lowest BCUT2D eigenvalue weighted by molar-refractivity contribution is 0.119. The van der Waals surface area contributed by atoms with Crippen LogP contribution in [-0.2, 0) is 0 Å². The Morgan fingerprint density at radius 2 is 2.50 bits per heavy atom. The third-order valence-electron chi connectivity index (χ3n) is 1.65. The summed E-state index contributed by atoms with van der Waals surface area (Å²) < 4.78 is 12.0. The molecule has 0 aliphatic heterocycles. The van der Waals surface area contributed by atoms with E-state index in [2.05, 4.69) is 5.48 Å². The lowest BCUT2D eigenvalue weighted by Crippen LogP contribution is -2.16. The van der Waals surface area contributed by atoms with E-state index in [1.165, 1.54) is 11.3 Å². The summed E-state index contributed by atoms with van der Waals surface area (Å²) >= 11 is 1.53. The standard InChI is InChI=1S/C8H12FNOS/c1-6-4-8(12-5-6)7(10-11)2-3-9/h4-5,7,10-11H,2-3H2,1H3/t7-/m1/s1. The Balaban J connectivity index is 2.66. The number of alkyl halides is 1. The smallest absolute Gasteiger partial charge is 0.0913 e. The third kappa shape index (κ3) is 2.27. The molecule has 2 nitrogen and oxygen atoms in total. The molecule has 0 unspecified atom stereocenters. The van der Waals surface area contributed by atoms with Gasteiger partial charge in [-0.2, -0.15) is 5.48 Å². The van der Waals surface area contributed by atoms with Crippen molar-refractivity contribution in [3.63, 3.8) is 0 Å². The number of hydrogen-bond donors (Lipinski definition) is 2. The van der Waals surface area contributed by atoms with Crippen molar-refractivity contribution in [2.24, 2.45) is 0 Å². The Morgan fingerprint density at radius 3 is 2.92 bits per heavy atom. The summed E-state index contributed by atoms with van der Waals surface area (Å²) in [7, 11) is 0. The highest BCUT2D eigenvalue weighted by Gasteiger charge is 2.11. The Labute approximate surface area is 75.0 Å². The van der Waals surface area contributed by atoms with Gasteiger partial charge in [-0.15, -0.1) is 11.3 Å². The molecular weight excluding hydrogens is 177 g/mol. The first-order chi connectivity index (χ1) is 5.77. The zero-order valence-electron chi connectivity index (χ0n) is 6.88. The van der Waals surface area contributed by atoms with Crippen LogP contribution in [0.4, 0.5) is 4.39 Å². The van der Waals surface area contributed by atoms with E-state index in [4.69, 9.17) is 5.21 Å². The summed E-state index contributed by atoms with van der Waals surface area (Å²) in [6, 6.07) is 1.70. The maximum Gasteiger partial charge on any atom is 0.0913 e. The van der Waals surface area contributed by atoms with E-state index in [-0.39, 0.29) is 6.04 Å². The number of halogens is 1. The van der Waals surface area contributed by atoms with E-state index in [1.807, 2.05) is 18.4 Å². The van der Waals surface area contributed by atoms with Crippen LogP contribution in [0.3, 0.4) is 0 Å². The third-order valence-corrected chi connectivity index (χ3v) is 2.81. The van der Waals surface area contributed by atoms with Gasteiger partial charge < -0.3 is 5.21 Å². The molecule has 12 heavy (non-hydrogen) atoms. The summed E-state index contributed by atoms with van der Waals surface area (Å²) in [6.45, 7) is 1.55. The summed E-state index contributed by atoms with van der Waals surface area (Å²) in [6.07, 6.45) is 0.316.